The Morgan fingerprint density at radius 2 is 1.91 bits per heavy atom. The minimum Gasteiger partial charge on any atom is -0.355 e. The molecule has 2 aromatic heterocycles. The summed E-state index contributed by atoms with van der Waals surface area (Å²) in [6, 6.07) is 4.95. The summed E-state index contributed by atoms with van der Waals surface area (Å²) in [5, 5.41) is 0.666. The standard InChI is InChI=1S/C23H30N4O4S2/c1-7-8-11-27-19-10-9-17(33(30,31)26(5)6)12-18(19)25-23(27)32-13-20(29)22-14(2)21(16(4)28)15(3)24-22/h9-10,12,24H,7-8,11,13H2,1-6H3. The Kier molecular flexibility index (Phi) is 7.50. The van der Waals surface area contributed by atoms with Gasteiger partial charge < -0.3 is 9.55 Å². The summed E-state index contributed by atoms with van der Waals surface area (Å²) >= 11 is 1.32. The van der Waals surface area contributed by atoms with Gasteiger partial charge in [0.1, 0.15) is 0 Å². The van der Waals surface area contributed by atoms with Gasteiger partial charge in [0.25, 0.3) is 0 Å². The molecule has 2 heterocycles. The second-order valence-corrected chi connectivity index (χ2v) is 11.3. The number of H-pyrrole nitrogens is 1. The zero-order valence-corrected chi connectivity index (χ0v) is 21.5. The summed E-state index contributed by atoms with van der Waals surface area (Å²) < 4.78 is 28.3. The third kappa shape index (κ3) is 4.92. The number of rotatable bonds is 10. The molecular formula is C23H30N4O4S2. The first-order chi connectivity index (χ1) is 15.5. The van der Waals surface area contributed by atoms with Crippen LogP contribution in [-0.4, -0.2) is 58.7 Å². The van der Waals surface area contributed by atoms with Crippen LogP contribution in [0.1, 0.15) is 58.8 Å². The Bertz CT molecular complexity index is 1320. The van der Waals surface area contributed by atoms with Crippen LogP contribution < -0.4 is 0 Å². The van der Waals surface area contributed by atoms with Crippen LogP contribution in [0.5, 0.6) is 0 Å². The van der Waals surface area contributed by atoms with Gasteiger partial charge in [-0.3, -0.25) is 9.59 Å². The number of nitrogens with one attached hydrogen (secondary N) is 1. The van der Waals surface area contributed by atoms with Crippen LogP contribution in [-0.2, 0) is 16.6 Å². The lowest BCUT2D eigenvalue weighted by Gasteiger charge is -2.11. The molecule has 0 fully saturated rings. The van der Waals surface area contributed by atoms with E-state index in [0.29, 0.717) is 33.2 Å². The SMILES string of the molecule is CCCCn1c(SCC(=O)c2[nH]c(C)c(C(C)=O)c2C)nc2cc(S(=O)(=O)N(C)C)ccc21. The highest BCUT2D eigenvalue weighted by molar-refractivity contribution is 7.99. The highest BCUT2D eigenvalue weighted by atomic mass is 32.2. The van der Waals surface area contributed by atoms with Gasteiger partial charge >= 0.3 is 0 Å². The predicted molar refractivity (Wildman–Crippen MR) is 131 cm³/mol. The number of thioether (sulfide) groups is 1. The van der Waals surface area contributed by atoms with Gasteiger partial charge in [0.15, 0.2) is 16.7 Å². The molecule has 0 bridgehead atoms. The molecule has 0 amide bonds. The van der Waals surface area contributed by atoms with Gasteiger partial charge in [0, 0.05) is 31.9 Å². The van der Waals surface area contributed by atoms with Gasteiger partial charge in [-0.2, -0.15) is 0 Å². The molecule has 0 saturated carbocycles. The van der Waals surface area contributed by atoms with E-state index < -0.39 is 10.0 Å². The first-order valence-corrected chi connectivity index (χ1v) is 13.2. The van der Waals surface area contributed by atoms with Gasteiger partial charge in [-0.25, -0.2) is 17.7 Å². The van der Waals surface area contributed by atoms with Gasteiger partial charge in [-0.1, -0.05) is 25.1 Å². The Labute approximate surface area is 198 Å². The molecule has 0 spiro atoms. The van der Waals surface area contributed by atoms with Crippen LogP contribution in [0.25, 0.3) is 11.0 Å². The number of carbonyl (C=O) groups is 2. The highest BCUT2D eigenvalue weighted by Gasteiger charge is 2.22. The van der Waals surface area contributed by atoms with E-state index in [1.807, 2.05) is 4.57 Å². The maximum atomic E-state index is 12.9. The summed E-state index contributed by atoms with van der Waals surface area (Å²) in [6.07, 6.45) is 1.92. The smallest absolute Gasteiger partial charge is 0.242 e. The van der Waals surface area contributed by atoms with Gasteiger partial charge in [0.2, 0.25) is 10.0 Å². The van der Waals surface area contributed by atoms with Crippen LogP contribution in [0.4, 0.5) is 0 Å². The number of aromatic amines is 1. The number of hydrogen-bond acceptors (Lipinski definition) is 6. The van der Waals surface area contributed by atoms with Crippen molar-refractivity contribution in [2.24, 2.45) is 0 Å². The van der Waals surface area contributed by atoms with E-state index in [0.717, 1.165) is 24.9 Å². The zero-order chi connectivity index (χ0) is 24.5. The highest BCUT2D eigenvalue weighted by Crippen LogP contribution is 2.28. The molecule has 0 aliphatic heterocycles. The summed E-state index contributed by atoms with van der Waals surface area (Å²) in [7, 11) is -0.584. The largest absolute Gasteiger partial charge is 0.355 e. The van der Waals surface area contributed by atoms with Crippen molar-refractivity contribution >= 4 is 44.4 Å². The fourth-order valence-electron chi connectivity index (χ4n) is 3.86. The first-order valence-electron chi connectivity index (χ1n) is 10.8. The molecule has 0 unspecified atom stereocenters. The van der Waals surface area contributed by atoms with Crippen LogP contribution in [0, 0.1) is 13.8 Å². The van der Waals surface area contributed by atoms with Crippen LogP contribution >= 0.6 is 11.8 Å². The third-order valence-corrected chi connectivity index (χ3v) is 8.39. The Balaban J connectivity index is 1.94. The Morgan fingerprint density at radius 1 is 1.21 bits per heavy atom. The third-order valence-electron chi connectivity index (χ3n) is 5.60. The van der Waals surface area contributed by atoms with Crippen molar-refractivity contribution in [1.29, 1.82) is 0 Å². The predicted octanol–water partition coefficient (Wildman–Crippen LogP) is 4.21. The molecule has 3 aromatic rings. The number of fused-ring (bicyclic) bond motifs is 1. The maximum Gasteiger partial charge on any atom is 0.242 e. The average molecular weight is 491 g/mol. The van der Waals surface area contributed by atoms with Crippen LogP contribution in [0.2, 0.25) is 0 Å². The summed E-state index contributed by atoms with van der Waals surface area (Å²) in [5.74, 6) is -0.0351. The lowest BCUT2D eigenvalue weighted by molar-refractivity contribution is 0.101. The number of ketones is 2. The summed E-state index contributed by atoms with van der Waals surface area (Å²) in [5.41, 5.74) is 3.78. The molecule has 1 aromatic carbocycles. The number of benzene rings is 1. The van der Waals surface area contributed by atoms with Gasteiger partial charge in [-0.15, -0.1) is 0 Å². The van der Waals surface area contributed by atoms with Crippen molar-refractivity contribution in [2.75, 3.05) is 19.8 Å². The minimum absolute atomic E-state index is 0.0715. The molecule has 0 radical (unpaired) electrons. The van der Waals surface area contributed by atoms with Crippen molar-refractivity contribution in [3.63, 3.8) is 0 Å². The van der Waals surface area contributed by atoms with E-state index in [4.69, 9.17) is 0 Å². The molecule has 3 rings (SSSR count). The fraction of sp³-hybridized carbons (Fsp3) is 0.435. The monoisotopic (exact) mass is 490 g/mol. The van der Waals surface area contributed by atoms with Crippen molar-refractivity contribution in [2.45, 2.75) is 57.1 Å². The maximum absolute atomic E-state index is 12.9. The van der Waals surface area contributed by atoms with Crippen molar-refractivity contribution in [1.82, 2.24) is 18.8 Å². The van der Waals surface area contributed by atoms with E-state index in [1.54, 1.807) is 32.0 Å². The van der Waals surface area contributed by atoms with E-state index in [9.17, 15) is 18.0 Å². The molecule has 1 N–H and O–H groups in total. The minimum atomic E-state index is -3.57. The number of aryl methyl sites for hydroxylation is 2. The number of Topliss-reactive ketones (excluding diaryl/α,β-unsaturated/α-hetero) is 2. The summed E-state index contributed by atoms with van der Waals surface area (Å²) in [6.45, 7) is 7.88. The lowest BCUT2D eigenvalue weighted by atomic mass is 10.1. The molecule has 8 nitrogen and oxygen atoms in total. The lowest BCUT2D eigenvalue weighted by Crippen LogP contribution is -2.22. The number of carbonyl (C=O) groups excluding carboxylic acids is 2. The van der Waals surface area contributed by atoms with Crippen LogP contribution in [0.3, 0.4) is 0 Å². The molecule has 0 atom stereocenters. The second-order valence-electron chi connectivity index (χ2n) is 8.23. The van der Waals surface area contributed by atoms with Gasteiger partial charge in [0.05, 0.1) is 27.4 Å². The van der Waals surface area contributed by atoms with E-state index >= 15 is 0 Å². The molecule has 0 aliphatic carbocycles. The van der Waals surface area contributed by atoms with E-state index in [1.165, 1.54) is 37.1 Å². The number of hydrogen-bond donors (Lipinski definition) is 1. The Hall–Kier alpha value is -2.43. The molecule has 178 valence electrons. The fourth-order valence-corrected chi connectivity index (χ4v) is 5.70. The van der Waals surface area contributed by atoms with Crippen molar-refractivity contribution in [3.8, 4) is 0 Å². The Morgan fingerprint density at radius 3 is 2.48 bits per heavy atom. The number of nitrogens with zero attached hydrogens (tertiary/aromatic N) is 3. The number of sulfonamides is 1. The number of imidazole rings is 1. The van der Waals surface area contributed by atoms with Crippen molar-refractivity contribution in [3.05, 3.63) is 40.7 Å². The topological polar surface area (TPSA) is 105 Å². The first kappa shape index (κ1) is 25.2. The average Bonchev–Trinajstić information content (AvgIpc) is 3.25. The second kappa shape index (κ2) is 9.82. The zero-order valence-electron chi connectivity index (χ0n) is 19.9. The van der Waals surface area contributed by atoms with E-state index in [2.05, 4.69) is 16.9 Å². The molecule has 10 heteroatoms. The number of aromatic nitrogens is 3. The molecule has 33 heavy (non-hydrogen) atoms. The van der Waals surface area contributed by atoms with Crippen molar-refractivity contribution < 1.29 is 18.0 Å². The normalized spacial score (nSPS) is 12.1. The van der Waals surface area contributed by atoms with Crippen LogP contribution in [0.15, 0.2) is 28.3 Å². The van der Waals surface area contributed by atoms with Gasteiger partial charge in [-0.05, 0) is 51.0 Å². The molecule has 0 aliphatic rings. The quantitative estimate of drug-likeness (QED) is 0.337. The molecule has 0 saturated heterocycles. The van der Waals surface area contributed by atoms with E-state index in [-0.39, 0.29) is 22.2 Å². The molecular weight excluding hydrogens is 460 g/mol. The number of unbranched alkanes of at least 4 members (excludes halogenated alkanes) is 1. The summed E-state index contributed by atoms with van der Waals surface area (Å²) in [4.78, 5) is 32.7.